The van der Waals surface area contributed by atoms with Gasteiger partial charge in [0.2, 0.25) is 5.91 Å². The van der Waals surface area contributed by atoms with E-state index in [1.165, 1.54) is 0 Å². The standard InChI is InChI=1S/C23H29N5O3/c1-16(29)28-9-7-18(8-10-28)15-31-23-26-13-20(14-27-23)19-4-2-3-17(11-19)5-6-21(30)12-22(24)25/h2-4,11,13-14,18H,5-10,12,15H2,1H3,(H3,24,25). The summed E-state index contributed by atoms with van der Waals surface area (Å²) in [6.45, 7) is 3.71. The number of piperidine rings is 1. The molecule has 1 aliphatic heterocycles. The second-order valence-corrected chi connectivity index (χ2v) is 7.96. The fraction of sp³-hybridized carbons (Fsp3) is 0.435. The average molecular weight is 424 g/mol. The molecule has 1 amide bonds. The minimum atomic E-state index is -0.0975. The molecule has 0 bridgehead atoms. The SMILES string of the molecule is CC(=O)N1CCC(COc2ncc(-c3cccc(CCC(=O)CC(=N)N)c3)cn2)CC1. The van der Waals surface area contributed by atoms with E-state index >= 15 is 0 Å². The number of likely N-dealkylation sites (tertiary alicyclic amines) is 1. The number of aromatic nitrogens is 2. The summed E-state index contributed by atoms with van der Waals surface area (Å²) in [5.41, 5.74) is 8.16. The molecule has 8 heteroatoms. The quantitative estimate of drug-likeness (QED) is 0.472. The van der Waals surface area contributed by atoms with Gasteiger partial charge in [0.05, 0.1) is 18.9 Å². The van der Waals surface area contributed by atoms with Crippen LogP contribution >= 0.6 is 0 Å². The molecule has 0 spiro atoms. The first-order valence-corrected chi connectivity index (χ1v) is 10.5. The van der Waals surface area contributed by atoms with Crippen molar-refractivity contribution >= 4 is 17.5 Å². The third-order valence-electron chi connectivity index (χ3n) is 5.48. The first kappa shape index (κ1) is 22.4. The molecule has 3 N–H and O–H groups in total. The highest BCUT2D eigenvalue weighted by Gasteiger charge is 2.21. The molecule has 2 heterocycles. The number of ketones is 1. The second-order valence-electron chi connectivity index (χ2n) is 7.96. The summed E-state index contributed by atoms with van der Waals surface area (Å²) in [6, 6.07) is 8.26. The van der Waals surface area contributed by atoms with Gasteiger partial charge in [-0.05, 0) is 36.3 Å². The Morgan fingerprint density at radius 1 is 1.19 bits per heavy atom. The monoisotopic (exact) mass is 423 g/mol. The van der Waals surface area contributed by atoms with E-state index in [0.717, 1.165) is 42.6 Å². The number of nitrogens with two attached hydrogens (primary N) is 1. The lowest BCUT2D eigenvalue weighted by Gasteiger charge is -2.30. The number of carbonyl (C=O) groups is 2. The number of nitrogens with one attached hydrogen (secondary N) is 1. The van der Waals surface area contributed by atoms with E-state index in [9.17, 15) is 9.59 Å². The topological polar surface area (TPSA) is 122 Å². The van der Waals surface area contributed by atoms with Gasteiger partial charge >= 0.3 is 6.01 Å². The van der Waals surface area contributed by atoms with Crippen LogP contribution in [0.15, 0.2) is 36.7 Å². The van der Waals surface area contributed by atoms with Gasteiger partial charge in [-0.25, -0.2) is 9.97 Å². The van der Waals surface area contributed by atoms with E-state index in [4.69, 9.17) is 15.9 Å². The maximum absolute atomic E-state index is 11.8. The smallest absolute Gasteiger partial charge is 0.316 e. The number of amidine groups is 1. The number of benzene rings is 1. The van der Waals surface area contributed by atoms with Gasteiger partial charge in [0.1, 0.15) is 5.78 Å². The molecule has 3 rings (SSSR count). The minimum Gasteiger partial charge on any atom is -0.463 e. The van der Waals surface area contributed by atoms with E-state index in [1.807, 2.05) is 29.2 Å². The molecule has 2 aromatic rings. The molecule has 31 heavy (non-hydrogen) atoms. The summed E-state index contributed by atoms with van der Waals surface area (Å²) >= 11 is 0. The molecule has 0 unspecified atom stereocenters. The van der Waals surface area contributed by atoms with Crippen LogP contribution in [0.4, 0.5) is 0 Å². The van der Waals surface area contributed by atoms with Crippen LogP contribution in [-0.2, 0) is 16.0 Å². The lowest BCUT2D eigenvalue weighted by atomic mass is 9.98. The number of amides is 1. The van der Waals surface area contributed by atoms with Gasteiger partial charge in [-0.2, -0.15) is 0 Å². The number of ether oxygens (including phenoxy) is 1. The largest absolute Gasteiger partial charge is 0.463 e. The van der Waals surface area contributed by atoms with E-state index in [1.54, 1.807) is 19.3 Å². The molecule has 1 fully saturated rings. The number of aryl methyl sites for hydroxylation is 1. The Hall–Kier alpha value is -3.29. The van der Waals surface area contributed by atoms with Crippen molar-refractivity contribution in [2.24, 2.45) is 11.7 Å². The summed E-state index contributed by atoms with van der Waals surface area (Å²) in [5.74, 6) is 0.403. The van der Waals surface area contributed by atoms with Gasteiger partial charge in [0.15, 0.2) is 0 Å². The van der Waals surface area contributed by atoms with Gasteiger partial charge in [-0.1, -0.05) is 24.3 Å². The predicted molar refractivity (Wildman–Crippen MR) is 118 cm³/mol. The van der Waals surface area contributed by atoms with Crippen molar-refractivity contribution in [1.82, 2.24) is 14.9 Å². The van der Waals surface area contributed by atoms with Gasteiger partial charge in [-0.15, -0.1) is 0 Å². The Morgan fingerprint density at radius 2 is 1.90 bits per heavy atom. The molecule has 1 aromatic heterocycles. The van der Waals surface area contributed by atoms with E-state index in [-0.39, 0.29) is 23.9 Å². The molecule has 1 saturated heterocycles. The molecule has 0 atom stereocenters. The zero-order valence-electron chi connectivity index (χ0n) is 17.8. The van der Waals surface area contributed by atoms with Crippen molar-refractivity contribution in [2.45, 2.75) is 39.0 Å². The van der Waals surface area contributed by atoms with Crippen molar-refractivity contribution in [3.05, 3.63) is 42.2 Å². The van der Waals surface area contributed by atoms with Crippen LogP contribution in [0, 0.1) is 11.3 Å². The van der Waals surface area contributed by atoms with Crippen molar-refractivity contribution in [2.75, 3.05) is 19.7 Å². The van der Waals surface area contributed by atoms with E-state index < -0.39 is 0 Å². The number of hydrogen-bond donors (Lipinski definition) is 2. The highest BCUT2D eigenvalue weighted by Crippen LogP contribution is 2.22. The number of hydrogen-bond acceptors (Lipinski definition) is 6. The maximum Gasteiger partial charge on any atom is 0.316 e. The molecule has 1 aromatic carbocycles. The zero-order valence-corrected chi connectivity index (χ0v) is 17.8. The zero-order chi connectivity index (χ0) is 22.2. The highest BCUT2D eigenvalue weighted by molar-refractivity contribution is 5.98. The number of Topliss-reactive ketones (excluding diaryl/α,β-unsaturated/α-hetero) is 1. The first-order chi connectivity index (χ1) is 14.9. The molecular formula is C23H29N5O3. The Labute approximate surface area is 182 Å². The highest BCUT2D eigenvalue weighted by atomic mass is 16.5. The molecule has 164 valence electrons. The minimum absolute atomic E-state index is 0.00480. The molecule has 1 aliphatic rings. The Kier molecular flexibility index (Phi) is 7.70. The fourth-order valence-corrected chi connectivity index (χ4v) is 3.64. The van der Waals surface area contributed by atoms with Crippen LogP contribution < -0.4 is 10.5 Å². The summed E-state index contributed by atoms with van der Waals surface area (Å²) in [5, 5.41) is 7.20. The Bertz CT molecular complexity index is 921. The third-order valence-corrected chi connectivity index (χ3v) is 5.48. The molecular weight excluding hydrogens is 394 g/mol. The fourth-order valence-electron chi connectivity index (χ4n) is 3.64. The lowest BCUT2D eigenvalue weighted by molar-refractivity contribution is -0.130. The van der Waals surface area contributed by atoms with Crippen LogP contribution in [0.25, 0.3) is 11.1 Å². The van der Waals surface area contributed by atoms with Crippen LogP contribution in [0.1, 0.15) is 38.2 Å². The second kappa shape index (κ2) is 10.7. The van der Waals surface area contributed by atoms with Crippen molar-refractivity contribution in [3.8, 4) is 17.1 Å². The summed E-state index contributed by atoms with van der Waals surface area (Å²) < 4.78 is 5.76. The number of carbonyl (C=O) groups excluding carboxylic acids is 2. The molecule has 0 saturated carbocycles. The summed E-state index contributed by atoms with van der Waals surface area (Å²) in [6.07, 6.45) is 6.30. The maximum atomic E-state index is 11.8. The van der Waals surface area contributed by atoms with Gasteiger partial charge in [0, 0.05) is 44.4 Å². The average Bonchev–Trinajstić information content (AvgIpc) is 2.77. The molecule has 8 nitrogen and oxygen atoms in total. The summed E-state index contributed by atoms with van der Waals surface area (Å²) in [7, 11) is 0. The predicted octanol–water partition coefficient (Wildman–Crippen LogP) is 2.61. The van der Waals surface area contributed by atoms with Crippen molar-refractivity contribution in [3.63, 3.8) is 0 Å². The van der Waals surface area contributed by atoms with E-state index in [0.29, 0.717) is 31.4 Å². The Morgan fingerprint density at radius 3 is 2.55 bits per heavy atom. The van der Waals surface area contributed by atoms with Crippen LogP contribution in [0.5, 0.6) is 6.01 Å². The van der Waals surface area contributed by atoms with E-state index in [2.05, 4.69) is 9.97 Å². The van der Waals surface area contributed by atoms with Crippen LogP contribution in [0.2, 0.25) is 0 Å². The molecule has 0 aliphatic carbocycles. The van der Waals surface area contributed by atoms with Crippen molar-refractivity contribution in [1.29, 1.82) is 5.41 Å². The third kappa shape index (κ3) is 6.87. The Balaban J connectivity index is 1.51. The van der Waals surface area contributed by atoms with Gasteiger partial charge < -0.3 is 15.4 Å². The van der Waals surface area contributed by atoms with Crippen LogP contribution in [-0.4, -0.2) is 52.1 Å². The van der Waals surface area contributed by atoms with Crippen LogP contribution in [0.3, 0.4) is 0 Å². The lowest BCUT2D eigenvalue weighted by Crippen LogP contribution is -2.38. The number of nitrogens with zero attached hydrogens (tertiary/aromatic N) is 3. The van der Waals surface area contributed by atoms with Gasteiger partial charge in [-0.3, -0.25) is 15.0 Å². The van der Waals surface area contributed by atoms with Gasteiger partial charge in [0.25, 0.3) is 0 Å². The number of rotatable bonds is 9. The van der Waals surface area contributed by atoms with Crippen molar-refractivity contribution < 1.29 is 14.3 Å². The molecule has 0 radical (unpaired) electrons. The first-order valence-electron chi connectivity index (χ1n) is 10.5. The normalized spacial score (nSPS) is 14.3. The summed E-state index contributed by atoms with van der Waals surface area (Å²) in [4.78, 5) is 33.7.